The molecule has 0 aliphatic carbocycles. The number of hydrogen-bond donors (Lipinski definition) is 0. The summed E-state index contributed by atoms with van der Waals surface area (Å²) in [5, 5.41) is 1.21. The third-order valence-electron chi connectivity index (χ3n) is 3.53. The number of fused-ring (bicyclic) bond motifs is 1. The van der Waals surface area contributed by atoms with Crippen molar-refractivity contribution in [1.82, 2.24) is 9.55 Å². The molecular weight excluding hydrogens is 300 g/mol. The van der Waals surface area contributed by atoms with Gasteiger partial charge in [0.15, 0.2) is 5.16 Å². The van der Waals surface area contributed by atoms with Crippen molar-refractivity contribution in [1.29, 1.82) is 0 Å². The molecule has 0 saturated heterocycles. The largest absolute Gasteiger partial charge is 0.272 e. The number of thioether (sulfide) groups is 2. The zero-order valence-corrected chi connectivity index (χ0v) is 14.3. The second-order valence-corrected chi connectivity index (χ2v) is 7.72. The van der Waals surface area contributed by atoms with Gasteiger partial charge >= 0.3 is 0 Å². The average Bonchev–Trinajstić information content (AvgIpc) is 2.78. The topological polar surface area (TPSA) is 34.9 Å². The van der Waals surface area contributed by atoms with Crippen LogP contribution in [0.2, 0.25) is 0 Å². The lowest BCUT2D eigenvalue weighted by molar-refractivity contribution is 0.731. The highest BCUT2D eigenvalue weighted by atomic mass is 32.2. The molecule has 0 saturated carbocycles. The Bertz CT molecular complexity index is 747. The first-order valence-corrected chi connectivity index (χ1v) is 9.05. The van der Waals surface area contributed by atoms with Gasteiger partial charge in [-0.3, -0.25) is 9.36 Å². The summed E-state index contributed by atoms with van der Waals surface area (Å²) in [5.74, 6) is 0. The van der Waals surface area contributed by atoms with E-state index in [0.717, 1.165) is 39.0 Å². The lowest BCUT2D eigenvalue weighted by atomic mass is 10.1. The van der Waals surface area contributed by atoms with E-state index < -0.39 is 0 Å². The highest BCUT2D eigenvalue weighted by Crippen LogP contribution is 2.34. The molecule has 110 valence electrons. The van der Waals surface area contributed by atoms with E-state index in [1.54, 1.807) is 16.3 Å². The van der Waals surface area contributed by atoms with Crippen LogP contribution >= 0.6 is 23.5 Å². The average molecular weight is 318 g/mol. The van der Waals surface area contributed by atoms with Gasteiger partial charge in [-0.15, -0.1) is 11.8 Å². The van der Waals surface area contributed by atoms with Crippen molar-refractivity contribution in [3.05, 3.63) is 45.4 Å². The molecule has 3 nitrogen and oxygen atoms in total. The predicted molar refractivity (Wildman–Crippen MR) is 90.1 cm³/mol. The molecule has 21 heavy (non-hydrogen) atoms. The van der Waals surface area contributed by atoms with Crippen LogP contribution in [0.15, 0.2) is 33.0 Å². The molecule has 1 aliphatic rings. The minimum atomic E-state index is 0.0729. The maximum Gasteiger partial charge on any atom is 0.272 e. The van der Waals surface area contributed by atoms with Gasteiger partial charge in [0.2, 0.25) is 0 Å². The molecule has 1 aromatic heterocycles. The minimum Gasteiger partial charge on any atom is -0.268 e. The molecule has 1 atom stereocenters. The van der Waals surface area contributed by atoms with Crippen molar-refractivity contribution in [2.75, 3.05) is 6.26 Å². The molecule has 2 aromatic rings. The number of nitrogens with zero attached hydrogens (tertiary/aromatic N) is 2. The molecule has 1 aromatic carbocycles. The van der Waals surface area contributed by atoms with Gasteiger partial charge in [0.1, 0.15) is 0 Å². The maximum absolute atomic E-state index is 12.9. The van der Waals surface area contributed by atoms with Crippen LogP contribution in [-0.4, -0.2) is 21.1 Å². The van der Waals surface area contributed by atoms with Gasteiger partial charge < -0.3 is 0 Å². The molecule has 0 bridgehead atoms. The Morgan fingerprint density at radius 2 is 1.95 bits per heavy atom. The van der Waals surface area contributed by atoms with E-state index in [-0.39, 0.29) is 5.56 Å². The third-order valence-corrected chi connectivity index (χ3v) is 5.38. The number of benzene rings is 1. The fourth-order valence-corrected chi connectivity index (χ4v) is 4.42. The highest BCUT2D eigenvalue weighted by molar-refractivity contribution is 8.00. The molecule has 0 amide bonds. The number of aromatic nitrogens is 2. The standard InChI is InChI=1S/C16H18N2OS2/c1-9-5-10(2)7-12(6-9)18-15(19)14-13(8-11(3)21-14)17-16(18)20-4/h5-7,11H,8H2,1-4H3/t11-/m1/s1. The normalized spacial score (nSPS) is 17.0. The third kappa shape index (κ3) is 2.64. The molecule has 0 fully saturated rings. The maximum atomic E-state index is 12.9. The number of aryl methyl sites for hydroxylation is 2. The predicted octanol–water partition coefficient (Wildman–Crippen LogP) is 3.61. The van der Waals surface area contributed by atoms with Crippen molar-refractivity contribution >= 4 is 23.5 Å². The van der Waals surface area contributed by atoms with Crippen LogP contribution in [0.3, 0.4) is 0 Å². The van der Waals surface area contributed by atoms with E-state index in [0.29, 0.717) is 5.25 Å². The van der Waals surface area contributed by atoms with Crippen molar-refractivity contribution < 1.29 is 0 Å². The fraction of sp³-hybridized carbons (Fsp3) is 0.375. The van der Waals surface area contributed by atoms with Crippen LogP contribution in [0.5, 0.6) is 0 Å². The van der Waals surface area contributed by atoms with Crippen molar-refractivity contribution in [2.45, 2.75) is 42.5 Å². The Morgan fingerprint density at radius 1 is 1.29 bits per heavy atom. The lowest BCUT2D eigenvalue weighted by Crippen LogP contribution is -2.23. The number of rotatable bonds is 2. The van der Waals surface area contributed by atoms with E-state index in [4.69, 9.17) is 4.98 Å². The zero-order chi connectivity index (χ0) is 15.1. The van der Waals surface area contributed by atoms with E-state index in [1.165, 1.54) is 11.8 Å². The van der Waals surface area contributed by atoms with Crippen LogP contribution in [-0.2, 0) is 6.42 Å². The van der Waals surface area contributed by atoms with Gasteiger partial charge in [-0.1, -0.05) is 24.8 Å². The molecule has 0 unspecified atom stereocenters. The Labute approximate surface area is 133 Å². The monoisotopic (exact) mass is 318 g/mol. The summed E-state index contributed by atoms with van der Waals surface area (Å²) < 4.78 is 1.76. The summed E-state index contributed by atoms with van der Waals surface area (Å²) >= 11 is 3.17. The Morgan fingerprint density at radius 3 is 2.57 bits per heavy atom. The Kier molecular flexibility index (Phi) is 3.88. The summed E-state index contributed by atoms with van der Waals surface area (Å²) in [4.78, 5) is 18.4. The molecule has 1 aliphatic heterocycles. The summed E-state index contributed by atoms with van der Waals surface area (Å²) in [6.45, 7) is 6.25. The summed E-state index contributed by atoms with van der Waals surface area (Å²) in [6.07, 6.45) is 2.86. The molecule has 5 heteroatoms. The number of hydrogen-bond acceptors (Lipinski definition) is 4. The van der Waals surface area contributed by atoms with E-state index in [9.17, 15) is 4.79 Å². The quantitative estimate of drug-likeness (QED) is 0.626. The molecule has 3 rings (SSSR count). The van der Waals surface area contributed by atoms with Crippen molar-refractivity contribution in [3.63, 3.8) is 0 Å². The first-order chi connectivity index (χ1) is 9.99. The molecule has 2 heterocycles. The van der Waals surface area contributed by atoms with Crippen molar-refractivity contribution in [3.8, 4) is 5.69 Å². The van der Waals surface area contributed by atoms with Gasteiger partial charge in [-0.2, -0.15) is 0 Å². The highest BCUT2D eigenvalue weighted by Gasteiger charge is 2.26. The summed E-state index contributed by atoms with van der Waals surface area (Å²) in [6, 6.07) is 6.21. The van der Waals surface area contributed by atoms with Gasteiger partial charge in [0, 0.05) is 11.7 Å². The smallest absolute Gasteiger partial charge is 0.268 e. The van der Waals surface area contributed by atoms with Crippen LogP contribution in [0.25, 0.3) is 5.69 Å². The molecule has 0 spiro atoms. The molecule has 0 radical (unpaired) electrons. The zero-order valence-electron chi connectivity index (χ0n) is 12.6. The van der Waals surface area contributed by atoms with Crippen LogP contribution < -0.4 is 5.56 Å². The van der Waals surface area contributed by atoms with E-state index >= 15 is 0 Å². The first-order valence-electron chi connectivity index (χ1n) is 6.95. The van der Waals surface area contributed by atoms with Gasteiger partial charge in [-0.25, -0.2) is 4.98 Å². The Hall–Kier alpha value is -1.20. The van der Waals surface area contributed by atoms with Gasteiger partial charge in [-0.05, 0) is 43.4 Å². The first kappa shape index (κ1) is 14.7. The van der Waals surface area contributed by atoms with Crippen LogP contribution in [0.4, 0.5) is 0 Å². The lowest BCUT2D eigenvalue weighted by Gasteiger charge is -2.13. The van der Waals surface area contributed by atoms with Gasteiger partial charge in [0.05, 0.1) is 16.3 Å². The second kappa shape index (κ2) is 5.54. The Balaban J connectivity index is 2.27. The van der Waals surface area contributed by atoms with Crippen LogP contribution in [0.1, 0.15) is 23.7 Å². The molecule has 0 N–H and O–H groups in total. The second-order valence-electron chi connectivity index (χ2n) is 5.49. The van der Waals surface area contributed by atoms with E-state index in [1.807, 2.05) is 18.4 Å². The summed E-state index contributed by atoms with van der Waals surface area (Å²) in [7, 11) is 0. The van der Waals surface area contributed by atoms with Crippen molar-refractivity contribution in [2.24, 2.45) is 0 Å². The SMILES string of the molecule is CSc1nc2c(c(=O)n1-c1cc(C)cc(C)c1)S[C@H](C)C2. The minimum absolute atomic E-state index is 0.0729. The van der Waals surface area contributed by atoms with Gasteiger partial charge in [0.25, 0.3) is 5.56 Å². The summed E-state index contributed by atoms with van der Waals surface area (Å²) in [5.41, 5.74) is 4.26. The molecular formula is C16H18N2OS2. The fourth-order valence-electron chi connectivity index (χ4n) is 2.74. The van der Waals surface area contributed by atoms with Crippen LogP contribution in [0, 0.1) is 13.8 Å². The van der Waals surface area contributed by atoms with E-state index in [2.05, 4.69) is 26.8 Å².